The van der Waals surface area contributed by atoms with Crippen molar-refractivity contribution in [3.8, 4) is 11.5 Å². The van der Waals surface area contributed by atoms with E-state index in [1.165, 1.54) is 19.1 Å². The van der Waals surface area contributed by atoms with Gasteiger partial charge in [0.05, 0.1) is 25.8 Å². The summed E-state index contributed by atoms with van der Waals surface area (Å²) in [6.07, 6.45) is 0. The Morgan fingerprint density at radius 1 is 1.06 bits per heavy atom. The maximum atomic E-state index is 13.2. The first kappa shape index (κ1) is 24.6. The number of likely N-dealkylation sites (tertiary alicyclic amines) is 1. The van der Waals surface area contributed by atoms with Gasteiger partial charge in [0, 0.05) is 29.2 Å². The van der Waals surface area contributed by atoms with Crippen molar-refractivity contribution in [2.45, 2.75) is 19.9 Å². The van der Waals surface area contributed by atoms with Crippen molar-refractivity contribution >= 4 is 29.1 Å². The average Bonchev–Trinajstić information content (AvgIpc) is 3.09. The first-order valence-electron chi connectivity index (χ1n) is 10.8. The van der Waals surface area contributed by atoms with Gasteiger partial charge in [0.25, 0.3) is 11.7 Å². The summed E-state index contributed by atoms with van der Waals surface area (Å²) in [6.45, 7) is 6.62. The first-order chi connectivity index (χ1) is 15.9. The number of carbonyl (C=O) groups is 2. The molecule has 0 radical (unpaired) electrons. The lowest BCUT2D eigenvalue weighted by molar-refractivity contribution is -0.140. The van der Waals surface area contributed by atoms with E-state index in [9.17, 15) is 14.7 Å². The van der Waals surface area contributed by atoms with Crippen molar-refractivity contribution in [1.29, 1.82) is 0 Å². The molecule has 0 aromatic heterocycles. The average molecular weight is 473 g/mol. The first-order valence-corrected chi connectivity index (χ1v) is 11.2. The number of methoxy groups -OCH3 is 2. The van der Waals surface area contributed by atoms with Crippen molar-refractivity contribution in [3.05, 3.63) is 64.2 Å². The molecule has 33 heavy (non-hydrogen) atoms. The van der Waals surface area contributed by atoms with Gasteiger partial charge >= 0.3 is 0 Å². The molecule has 176 valence electrons. The summed E-state index contributed by atoms with van der Waals surface area (Å²) in [7, 11) is 3.06. The molecule has 1 fully saturated rings. The molecule has 1 heterocycles. The van der Waals surface area contributed by atoms with Crippen LogP contribution in [-0.2, 0) is 9.59 Å². The smallest absolute Gasteiger partial charge is 0.295 e. The van der Waals surface area contributed by atoms with E-state index in [0.717, 1.165) is 13.1 Å². The number of likely N-dealkylation sites (N-methyl/N-ethyl adjacent to an activating group) is 1. The standard InChI is InChI=1S/C25H29ClN2O5/c1-5-27(6-2)13-14-28-22(19-15-18(32-3)11-12-20(19)33-4)21(24(30)25(28)31)23(29)16-7-9-17(26)10-8-16/h7-12,15,22,29H,5-6,13-14H2,1-4H3/b23-21+/t22-/m1/s1. The molecule has 0 aliphatic carbocycles. The Morgan fingerprint density at radius 3 is 2.30 bits per heavy atom. The molecule has 7 nitrogen and oxygen atoms in total. The lowest BCUT2D eigenvalue weighted by atomic mass is 9.94. The molecule has 0 bridgehead atoms. The highest BCUT2D eigenvalue weighted by molar-refractivity contribution is 6.46. The van der Waals surface area contributed by atoms with Gasteiger partial charge in [0.2, 0.25) is 0 Å². The fourth-order valence-corrected chi connectivity index (χ4v) is 4.17. The van der Waals surface area contributed by atoms with Crippen LogP contribution in [0.2, 0.25) is 5.02 Å². The molecule has 2 aromatic rings. The normalized spacial score (nSPS) is 17.6. The number of hydrogen-bond donors (Lipinski definition) is 1. The fourth-order valence-electron chi connectivity index (χ4n) is 4.04. The third-order valence-electron chi connectivity index (χ3n) is 5.94. The highest BCUT2D eigenvalue weighted by atomic mass is 35.5. The summed E-state index contributed by atoms with van der Waals surface area (Å²) >= 11 is 5.98. The Kier molecular flexibility index (Phi) is 8.00. The van der Waals surface area contributed by atoms with Gasteiger partial charge in [0.1, 0.15) is 17.3 Å². The van der Waals surface area contributed by atoms with Gasteiger partial charge in [-0.05, 0) is 55.6 Å². The number of rotatable bonds is 9. The second-order valence-electron chi connectivity index (χ2n) is 7.63. The van der Waals surface area contributed by atoms with Crippen molar-refractivity contribution in [2.75, 3.05) is 40.4 Å². The van der Waals surface area contributed by atoms with Crippen LogP contribution in [0.3, 0.4) is 0 Å². The van der Waals surface area contributed by atoms with E-state index in [1.807, 2.05) is 13.8 Å². The maximum absolute atomic E-state index is 13.2. The van der Waals surface area contributed by atoms with Crippen molar-refractivity contribution in [3.63, 3.8) is 0 Å². The number of aliphatic hydroxyl groups excluding tert-OH is 1. The molecule has 1 atom stereocenters. The maximum Gasteiger partial charge on any atom is 0.295 e. The monoisotopic (exact) mass is 472 g/mol. The highest BCUT2D eigenvalue weighted by Gasteiger charge is 2.47. The van der Waals surface area contributed by atoms with Gasteiger partial charge in [-0.25, -0.2) is 0 Å². The SMILES string of the molecule is CCN(CC)CCN1C(=O)C(=O)/C(=C(/O)c2ccc(Cl)cc2)[C@H]1c1cc(OC)ccc1OC. The number of aliphatic hydroxyl groups is 1. The lowest BCUT2D eigenvalue weighted by Crippen LogP contribution is -2.38. The molecule has 0 saturated carbocycles. The van der Waals surface area contributed by atoms with E-state index in [1.54, 1.807) is 42.5 Å². The minimum Gasteiger partial charge on any atom is -0.507 e. The molecule has 2 aromatic carbocycles. The van der Waals surface area contributed by atoms with Crippen LogP contribution in [0.4, 0.5) is 0 Å². The molecular formula is C25H29ClN2O5. The summed E-state index contributed by atoms with van der Waals surface area (Å²) in [6, 6.07) is 10.8. The van der Waals surface area contributed by atoms with Crippen LogP contribution >= 0.6 is 11.6 Å². The predicted octanol–water partition coefficient (Wildman–Crippen LogP) is 4.12. The van der Waals surface area contributed by atoms with Crippen LogP contribution < -0.4 is 9.47 Å². The number of hydrogen-bond acceptors (Lipinski definition) is 6. The van der Waals surface area contributed by atoms with Crippen LogP contribution in [-0.4, -0.2) is 67.0 Å². The van der Waals surface area contributed by atoms with E-state index in [-0.39, 0.29) is 11.3 Å². The number of ether oxygens (including phenoxy) is 2. The van der Waals surface area contributed by atoms with E-state index in [4.69, 9.17) is 21.1 Å². The third-order valence-corrected chi connectivity index (χ3v) is 6.19. The zero-order valence-electron chi connectivity index (χ0n) is 19.3. The van der Waals surface area contributed by atoms with Gasteiger partial charge in [-0.3, -0.25) is 9.59 Å². The molecule has 0 unspecified atom stereocenters. The molecule has 1 aliphatic heterocycles. The summed E-state index contributed by atoms with van der Waals surface area (Å²) in [5.41, 5.74) is 0.965. The van der Waals surface area contributed by atoms with Crippen LogP contribution in [0.5, 0.6) is 11.5 Å². The quantitative estimate of drug-likeness (QED) is 0.336. The van der Waals surface area contributed by atoms with Crippen LogP contribution in [0.25, 0.3) is 5.76 Å². The number of Topliss-reactive ketones (excluding diaryl/α,β-unsaturated/α-hetero) is 1. The van der Waals surface area contributed by atoms with E-state index in [0.29, 0.717) is 40.7 Å². The molecule has 1 saturated heterocycles. The number of ketones is 1. The minimum absolute atomic E-state index is 0.00780. The summed E-state index contributed by atoms with van der Waals surface area (Å²) in [4.78, 5) is 30.0. The molecule has 8 heteroatoms. The summed E-state index contributed by atoms with van der Waals surface area (Å²) in [5, 5.41) is 11.7. The zero-order chi connectivity index (χ0) is 24.1. The summed E-state index contributed by atoms with van der Waals surface area (Å²) in [5.74, 6) is -0.626. The van der Waals surface area contributed by atoms with Gasteiger partial charge < -0.3 is 24.4 Å². The highest BCUT2D eigenvalue weighted by Crippen LogP contribution is 2.43. The Hall–Kier alpha value is -3.03. The number of halogens is 1. The molecule has 3 rings (SSSR count). The molecule has 0 spiro atoms. The van der Waals surface area contributed by atoms with Crippen molar-refractivity contribution < 1.29 is 24.2 Å². The topological polar surface area (TPSA) is 79.3 Å². The Labute approximate surface area is 199 Å². The van der Waals surface area contributed by atoms with Gasteiger partial charge in [-0.15, -0.1) is 0 Å². The summed E-state index contributed by atoms with van der Waals surface area (Å²) < 4.78 is 10.9. The van der Waals surface area contributed by atoms with Gasteiger partial charge in [-0.2, -0.15) is 0 Å². The molecular weight excluding hydrogens is 444 g/mol. The van der Waals surface area contributed by atoms with E-state index >= 15 is 0 Å². The lowest BCUT2D eigenvalue weighted by Gasteiger charge is -2.29. The van der Waals surface area contributed by atoms with Crippen LogP contribution in [0.15, 0.2) is 48.0 Å². The Morgan fingerprint density at radius 2 is 1.73 bits per heavy atom. The van der Waals surface area contributed by atoms with E-state index < -0.39 is 17.7 Å². The fraction of sp³-hybridized carbons (Fsp3) is 0.360. The number of amides is 1. The third kappa shape index (κ3) is 4.99. The number of nitrogens with zero attached hydrogens (tertiary/aromatic N) is 2. The van der Waals surface area contributed by atoms with Gasteiger partial charge in [-0.1, -0.05) is 25.4 Å². The number of benzene rings is 2. The minimum atomic E-state index is -0.832. The van der Waals surface area contributed by atoms with Gasteiger partial charge in [0.15, 0.2) is 0 Å². The number of carbonyl (C=O) groups excluding carboxylic acids is 2. The van der Waals surface area contributed by atoms with Crippen molar-refractivity contribution in [1.82, 2.24) is 9.80 Å². The second-order valence-corrected chi connectivity index (χ2v) is 8.07. The van der Waals surface area contributed by atoms with Crippen LogP contribution in [0.1, 0.15) is 31.0 Å². The molecule has 1 N–H and O–H groups in total. The largest absolute Gasteiger partial charge is 0.507 e. The zero-order valence-corrected chi connectivity index (χ0v) is 20.1. The Balaban J connectivity index is 2.19. The second kappa shape index (κ2) is 10.7. The molecule has 1 aliphatic rings. The van der Waals surface area contributed by atoms with Crippen molar-refractivity contribution in [2.24, 2.45) is 0 Å². The predicted molar refractivity (Wildman–Crippen MR) is 128 cm³/mol. The van der Waals surface area contributed by atoms with Crippen LogP contribution in [0, 0.1) is 0 Å². The van der Waals surface area contributed by atoms with E-state index in [2.05, 4.69) is 4.90 Å². The molecule has 1 amide bonds. The Bertz CT molecular complexity index is 1050.